The second-order valence-corrected chi connectivity index (χ2v) is 12.9. The van der Waals surface area contributed by atoms with E-state index < -0.39 is 0 Å². The molecule has 0 bridgehead atoms. The van der Waals surface area contributed by atoms with E-state index in [0.29, 0.717) is 22.8 Å². The van der Waals surface area contributed by atoms with E-state index in [1.165, 1.54) is 0 Å². The first-order valence-corrected chi connectivity index (χ1v) is 17.3. The van der Waals surface area contributed by atoms with E-state index in [-0.39, 0.29) is 0 Å². The maximum Gasteiger partial charge on any atom is 0.160 e. The van der Waals surface area contributed by atoms with Gasteiger partial charge in [-0.15, -0.1) is 0 Å². The number of rotatable bonds is 5. The van der Waals surface area contributed by atoms with Gasteiger partial charge in [-0.3, -0.25) is 0 Å². The van der Waals surface area contributed by atoms with E-state index in [1.54, 1.807) is 0 Å². The minimum Gasteiger partial charge on any atom is -0.309 e. The Kier molecular flexibility index (Phi) is 6.80. The van der Waals surface area contributed by atoms with Gasteiger partial charge >= 0.3 is 0 Å². The van der Waals surface area contributed by atoms with Crippen LogP contribution < -0.4 is 0 Å². The van der Waals surface area contributed by atoms with Crippen molar-refractivity contribution in [1.82, 2.24) is 19.1 Å². The molecule has 0 saturated carbocycles. The first-order chi connectivity index (χ1) is 25.8. The van der Waals surface area contributed by atoms with Crippen LogP contribution in [0.25, 0.3) is 88.9 Å². The highest BCUT2D eigenvalue weighted by molar-refractivity contribution is 6.29. The van der Waals surface area contributed by atoms with Gasteiger partial charge < -0.3 is 9.13 Å². The first kappa shape index (κ1) is 29.6. The zero-order valence-electron chi connectivity index (χ0n) is 28.0. The Morgan fingerprint density at radius 2 is 0.923 bits per heavy atom. The molecular formula is C47H29N5. The predicted molar refractivity (Wildman–Crippen MR) is 212 cm³/mol. The van der Waals surface area contributed by atoms with Crippen LogP contribution in [0.15, 0.2) is 176 Å². The minimum atomic E-state index is 0.434. The average Bonchev–Trinajstić information content (AvgIpc) is 3.74. The topological polar surface area (TPSA) is 59.4 Å². The predicted octanol–water partition coefficient (Wildman–Crippen LogP) is 11.5. The van der Waals surface area contributed by atoms with Crippen molar-refractivity contribution >= 4 is 43.6 Å². The van der Waals surface area contributed by atoms with E-state index in [0.717, 1.165) is 71.7 Å². The van der Waals surface area contributed by atoms with Gasteiger partial charge in [-0.1, -0.05) is 133 Å². The Hall–Kier alpha value is -7.29. The smallest absolute Gasteiger partial charge is 0.160 e. The number of aromatic nitrogens is 4. The molecule has 0 N–H and O–H groups in total. The van der Waals surface area contributed by atoms with Gasteiger partial charge in [-0.25, -0.2) is 9.97 Å². The van der Waals surface area contributed by atoms with Crippen LogP contribution in [-0.2, 0) is 0 Å². The van der Waals surface area contributed by atoms with E-state index in [4.69, 9.17) is 9.97 Å². The number of hydrogen-bond donors (Lipinski definition) is 0. The molecule has 10 rings (SSSR count). The van der Waals surface area contributed by atoms with Crippen molar-refractivity contribution in [2.24, 2.45) is 0 Å². The van der Waals surface area contributed by atoms with E-state index in [9.17, 15) is 5.26 Å². The Bertz CT molecular complexity index is 2990. The molecule has 0 spiro atoms. The lowest BCUT2D eigenvalue weighted by molar-refractivity contribution is 1.15. The molecule has 3 aromatic heterocycles. The van der Waals surface area contributed by atoms with Gasteiger partial charge in [0.25, 0.3) is 0 Å². The summed E-state index contributed by atoms with van der Waals surface area (Å²) in [4.78, 5) is 10.4. The Labute approximate surface area is 299 Å². The summed E-state index contributed by atoms with van der Waals surface area (Å²) in [6.45, 7) is 0. The Balaban J connectivity index is 1.47. The summed E-state index contributed by atoms with van der Waals surface area (Å²) in [5, 5.41) is 15.5. The van der Waals surface area contributed by atoms with Gasteiger partial charge in [0.1, 0.15) is 11.6 Å². The molecule has 5 nitrogen and oxygen atoms in total. The first-order valence-electron chi connectivity index (χ1n) is 17.3. The zero-order chi connectivity index (χ0) is 34.6. The number of fused-ring (bicyclic) bond motifs is 7. The summed E-state index contributed by atoms with van der Waals surface area (Å²) in [5.41, 5.74) is 10.6. The SMILES string of the molecule is N#Cc1c(-c2ccccc2)nc(-c2ccccc2)nc1-c1cc2c3ccccc3n(-c3ccccc3)c2c2c3ccccc3n(-c3ccccc3)c12. The van der Waals surface area contributed by atoms with Crippen molar-refractivity contribution in [3.05, 3.63) is 181 Å². The monoisotopic (exact) mass is 663 g/mol. The molecule has 0 atom stereocenters. The quantitative estimate of drug-likeness (QED) is 0.184. The van der Waals surface area contributed by atoms with Crippen LogP contribution in [-0.4, -0.2) is 19.1 Å². The number of hydrogen-bond acceptors (Lipinski definition) is 3. The highest BCUT2D eigenvalue weighted by atomic mass is 15.0. The summed E-state index contributed by atoms with van der Waals surface area (Å²) >= 11 is 0. The van der Waals surface area contributed by atoms with Crippen LogP contribution in [0, 0.1) is 11.3 Å². The summed E-state index contributed by atoms with van der Waals surface area (Å²) < 4.78 is 4.72. The molecule has 5 heteroatoms. The van der Waals surface area contributed by atoms with Crippen LogP contribution in [0.1, 0.15) is 5.56 Å². The van der Waals surface area contributed by atoms with E-state index in [1.807, 2.05) is 66.7 Å². The van der Waals surface area contributed by atoms with Gasteiger partial charge in [0.2, 0.25) is 0 Å². The third kappa shape index (κ3) is 4.49. The average molecular weight is 664 g/mol. The van der Waals surface area contributed by atoms with Gasteiger partial charge in [0, 0.05) is 49.6 Å². The molecule has 52 heavy (non-hydrogen) atoms. The number of para-hydroxylation sites is 4. The Morgan fingerprint density at radius 3 is 1.54 bits per heavy atom. The highest BCUT2D eigenvalue weighted by Gasteiger charge is 2.27. The third-order valence-electron chi connectivity index (χ3n) is 9.95. The molecule has 0 saturated heterocycles. The van der Waals surface area contributed by atoms with Crippen LogP contribution in [0.2, 0.25) is 0 Å². The van der Waals surface area contributed by atoms with Gasteiger partial charge in [0.15, 0.2) is 5.82 Å². The molecule has 0 unspecified atom stereocenters. The van der Waals surface area contributed by atoms with Crippen LogP contribution in [0.4, 0.5) is 0 Å². The van der Waals surface area contributed by atoms with E-state index in [2.05, 4.69) is 124 Å². The van der Waals surface area contributed by atoms with Crippen LogP contribution in [0.3, 0.4) is 0 Å². The van der Waals surface area contributed by atoms with Crippen molar-refractivity contribution in [2.75, 3.05) is 0 Å². The van der Waals surface area contributed by atoms with Gasteiger partial charge in [-0.2, -0.15) is 5.26 Å². The van der Waals surface area contributed by atoms with Gasteiger partial charge in [0.05, 0.1) is 33.5 Å². The molecule has 0 aliphatic carbocycles. The summed E-state index contributed by atoms with van der Waals surface area (Å²) in [6, 6.07) is 63.0. The zero-order valence-corrected chi connectivity index (χ0v) is 28.0. The van der Waals surface area contributed by atoms with Crippen molar-refractivity contribution in [3.63, 3.8) is 0 Å². The molecule has 7 aromatic carbocycles. The second-order valence-electron chi connectivity index (χ2n) is 12.9. The van der Waals surface area contributed by atoms with E-state index >= 15 is 0 Å². The minimum absolute atomic E-state index is 0.434. The van der Waals surface area contributed by atoms with Crippen molar-refractivity contribution in [1.29, 1.82) is 5.26 Å². The fourth-order valence-electron chi connectivity index (χ4n) is 7.76. The largest absolute Gasteiger partial charge is 0.309 e. The fraction of sp³-hybridized carbons (Fsp3) is 0. The number of benzene rings is 7. The molecule has 3 heterocycles. The molecule has 0 amide bonds. The fourth-order valence-corrected chi connectivity index (χ4v) is 7.76. The maximum absolute atomic E-state index is 11.1. The third-order valence-corrected chi connectivity index (χ3v) is 9.95. The molecule has 0 radical (unpaired) electrons. The standard InChI is InChI=1S/C47H29N5/c48-30-39-43(31-17-5-1-6-18-31)49-47(32-19-7-2-8-20-32)50-44(39)38-29-37-35-25-13-15-27-40(35)51(33-21-9-3-10-22-33)45(37)42-36-26-14-16-28-41(36)52(46(38)42)34-23-11-4-12-24-34/h1-29H. The molecule has 242 valence electrons. The van der Waals surface area contributed by atoms with Crippen molar-refractivity contribution in [2.45, 2.75) is 0 Å². The normalized spacial score (nSPS) is 11.4. The highest BCUT2D eigenvalue weighted by Crippen LogP contribution is 2.47. The number of nitriles is 1. The lowest BCUT2D eigenvalue weighted by atomic mass is 9.96. The van der Waals surface area contributed by atoms with Crippen molar-refractivity contribution < 1.29 is 0 Å². The summed E-state index contributed by atoms with van der Waals surface area (Å²) in [7, 11) is 0. The van der Waals surface area contributed by atoms with Gasteiger partial charge in [-0.05, 0) is 42.5 Å². The lowest BCUT2D eigenvalue weighted by Gasteiger charge is -2.16. The lowest BCUT2D eigenvalue weighted by Crippen LogP contribution is -2.03. The van der Waals surface area contributed by atoms with Crippen LogP contribution in [0.5, 0.6) is 0 Å². The van der Waals surface area contributed by atoms with Crippen LogP contribution >= 0.6 is 0 Å². The number of nitrogens with zero attached hydrogens (tertiary/aromatic N) is 5. The van der Waals surface area contributed by atoms with Crippen molar-refractivity contribution in [3.8, 4) is 51.3 Å². The molecular weight excluding hydrogens is 635 g/mol. The molecule has 0 aliphatic heterocycles. The molecule has 0 aliphatic rings. The molecule has 0 fully saturated rings. The summed E-state index contributed by atoms with van der Waals surface area (Å²) in [5.74, 6) is 0.566. The Morgan fingerprint density at radius 1 is 0.442 bits per heavy atom. The second kappa shape index (κ2) is 11.9. The summed E-state index contributed by atoms with van der Waals surface area (Å²) in [6.07, 6.45) is 0. The molecule has 10 aromatic rings. The maximum atomic E-state index is 11.1.